The number of benzene rings is 1. The van der Waals surface area contributed by atoms with E-state index in [2.05, 4.69) is 4.99 Å². The number of hydrogen-bond acceptors (Lipinski definition) is 4. The summed E-state index contributed by atoms with van der Waals surface area (Å²) in [4.78, 5) is 31.9. The predicted molar refractivity (Wildman–Crippen MR) is 93.5 cm³/mol. The van der Waals surface area contributed by atoms with E-state index in [0.717, 1.165) is 10.5 Å². The number of carbonyl (C=O) groups is 2. The second kappa shape index (κ2) is 6.31. The van der Waals surface area contributed by atoms with Crippen LogP contribution in [0.1, 0.15) is 25.0 Å². The molecule has 0 spiro atoms. The summed E-state index contributed by atoms with van der Waals surface area (Å²) in [6.45, 7) is 6.31. The lowest BCUT2D eigenvalue weighted by molar-refractivity contribution is -0.559. The summed E-state index contributed by atoms with van der Waals surface area (Å²) in [5.74, 6) is 0.118. The first-order valence-corrected chi connectivity index (χ1v) is 8.29. The van der Waals surface area contributed by atoms with Gasteiger partial charge in [0.05, 0.1) is 0 Å². The minimum Gasteiger partial charge on any atom is -0.426 e. The lowest BCUT2D eigenvalue weighted by atomic mass is 10.1. The van der Waals surface area contributed by atoms with Crippen molar-refractivity contribution < 1.29 is 18.9 Å². The topological polar surface area (TPSA) is 65.2 Å². The number of carbonyl (C=O) groups excluding carboxylic acids is 2. The van der Waals surface area contributed by atoms with Crippen LogP contribution >= 0.6 is 0 Å². The molecule has 1 aromatic carbocycles. The van der Waals surface area contributed by atoms with Gasteiger partial charge in [-0.05, 0) is 26.3 Å². The number of rotatable bonds is 3. The Kier molecular flexibility index (Phi) is 4.32. The lowest BCUT2D eigenvalue weighted by Crippen LogP contribution is -2.61. The van der Waals surface area contributed by atoms with Crippen molar-refractivity contribution in [1.82, 2.24) is 9.80 Å². The maximum absolute atomic E-state index is 12.7. The van der Waals surface area contributed by atoms with Gasteiger partial charge in [-0.25, -0.2) is 4.79 Å². The average Bonchev–Trinajstić information content (AvgIpc) is 2.91. The molecule has 0 saturated carbocycles. The molecule has 2 aliphatic rings. The quantitative estimate of drug-likeness (QED) is 0.783. The summed E-state index contributed by atoms with van der Waals surface area (Å²) in [6.07, 6.45) is -0.0890. The highest BCUT2D eigenvalue weighted by atomic mass is 16.5. The number of nitrogens with zero attached hydrogens (tertiary/aromatic N) is 4. The zero-order valence-electron chi connectivity index (χ0n) is 15.2. The van der Waals surface area contributed by atoms with Crippen LogP contribution in [-0.4, -0.2) is 64.4 Å². The molecule has 3 rings (SSSR count). The molecule has 0 N–H and O–H groups in total. The van der Waals surface area contributed by atoms with Crippen LogP contribution in [0.4, 0.5) is 4.79 Å². The molecule has 2 heterocycles. The Hall–Kier alpha value is -2.70. The van der Waals surface area contributed by atoms with Gasteiger partial charge in [-0.2, -0.15) is 4.58 Å². The van der Waals surface area contributed by atoms with Crippen LogP contribution in [-0.2, 0) is 16.1 Å². The highest BCUT2D eigenvalue weighted by Crippen LogP contribution is 2.21. The molecule has 1 fully saturated rings. The van der Waals surface area contributed by atoms with Crippen molar-refractivity contribution in [1.29, 1.82) is 0 Å². The second-order valence-electron chi connectivity index (χ2n) is 6.67. The first-order chi connectivity index (χ1) is 11.8. The van der Waals surface area contributed by atoms with Gasteiger partial charge >= 0.3 is 12.1 Å². The molecular weight excluding hydrogens is 320 g/mol. The zero-order chi connectivity index (χ0) is 18.3. The van der Waals surface area contributed by atoms with Gasteiger partial charge < -0.3 is 4.74 Å². The third kappa shape index (κ3) is 3.01. The molecule has 0 aromatic heterocycles. The van der Waals surface area contributed by atoms with Crippen LogP contribution in [0.15, 0.2) is 29.3 Å². The van der Waals surface area contributed by atoms with E-state index in [1.807, 2.05) is 49.6 Å². The summed E-state index contributed by atoms with van der Waals surface area (Å²) in [7, 11) is 3.11. The molecule has 132 valence electrons. The fourth-order valence-electron chi connectivity index (χ4n) is 2.93. The Morgan fingerprint density at radius 3 is 2.40 bits per heavy atom. The van der Waals surface area contributed by atoms with Crippen LogP contribution in [0.3, 0.4) is 0 Å². The molecule has 2 aliphatic heterocycles. The monoisotopic (exact) mass is 343 g/mol. The van der Waals surface area contributed by atoms with Crippen LogP contribution in [0, 0.1) is 6.92 Å². The maximum Gasteiger partial charge on any atom is 0.497 e. The van der Waals surface area contributed by atoms with Crippen molar-refractivity contribution in [2.45, 2.75) is 39.5 Å². The van der Waals surface area contributed by atoms with E-state index >= 15 is 0 Å². The lowest BCUT2D eigenvalue weighted by Gasteiger charge is -2.30. The third-order valence-electron chi connectivity index (χ3n) is 4.31. The van der Waals surface area contributed by atoms with Gasteiger partial charge in [0, 0.05) is 19.1 Å². The zero-order valence-corrected chi connectivity index (χ0v) is 15.2. The Bertz CT molecular complexity index is 780. The molecule has 25 heavy (non-hydrogen) atoms. The van der Waals surface area contributed by atoms with Crippen molar-refractivity contribution >= 4 is 23.8 Å². The minimum absolute atomic E-state index is 0.0890. The van der Waals surface area contributed by atoms with Crippen LogP contribution < -0.4 is 0 Å². The van der Waals surface area contributed by atoms with E-state index in [9.17, 15) is 9.59 Å². The van der Waals surface area contributed by atoms with Crippen molar-refractivity contribution in [3.63, 3.8) is 0 Å². The normalized spacial score (nSPS) is 20.4. The summed E-state index contributed by atoms with van der Waals surface area (Å²) in [5, 5.41) is 0. The van der Waals surface area contributed by atoms with E-state index in [4.69, 9.17) is 4.74 Å². The maximum atomic E-state index is 12.7. The van der Waals surface area contributed by atoms with Gasteiger partial charge in [0.25, 0.3) is 17.8 Å². The molecule has 0 aliphatic carbocycles. The number of aliphatic imine (C=N–C) groups is 1. The number of likely N-dealkylation sites (N-methyl/N-ethyl adjacent to an activating group) is 2. The van der Waals surface area contributed by atoms with Gasteiger partial charge in [-0.3, -0.25) is 14.6 Å². The smallest absolute Gasteiger partial charge is 0.426 e. The van der Waals surface area contributed by atoms with Gasteiger partial charge in [-0.15, -0.1) is 0 Å². The van der Waals surface area contributed by atoms with Crippen molar-refractivity contribution in [2.75, 3.05) is 14.1 Å². The number of ether oxygens (including phenoxy) is 1. The minimum atomic E-state index is -0.650. The van der Waals surface area contributed by atoms with Crippen LogP contribution in [0.25, 0.3) is 0 Å². The number of fused-ring (bicyclic) bond motifs is 1. The molecule has 7 nitrogen and oxygen atoms in total. The van der Waals surface area contributed by atoms with Crippen LogP contribution in [0.5, 0.6) is 0 Å². The number of amides is 3. The third-order valence-corrected chi connectivity index (χ3v) is 4.31. The van der Waals surface area contributed by atoms with E-state index in [-0.39, 0.29) is 18.0 Å². The highest BCUT2D eigenvalue weighted by molar-refractivity contribution is 6.22. The number of hydrogen-bond donors (Lipinski definition) is 0. The van der Waals surface area contributed by atoms with Gasteiger partial charge in [0.15, 0.2) is 0 Å². The van der Waals surface area contributed by atoms with E-state index in [1.54, 1.807) is 7.05 Å². The first-order valence-electron chi connectivity index (χ1n) is 8.29. The Morgan fingerprint density at radius 2 is 1.80 bits per heavy atom. The standard InChI is InChI=1S/C18H23N4O3/c1-11(2)25-17-19-15-14(16(23)21(5)18(24)20(15)4)22(17)10-13-8-6-12(3)7-9-13/h6-9,11,14H,10H2,1-5H3/q+1. The molecule has 1 saturated heterocycles. The molecule has 3 amide bonds. The number of imide groups is 1. The molecule has 1 atom stereocenters. The van der Waals surface area contributed by atoms with Crippen LogP contribution in [0.2, 0.25) is 0 Å². The van der Waals surface area contributed by atoms with Crippen molar-refractivity contribution in [3.05, 3.63) is 35.4 Å². The summed E-state index contributed by atoms with van der Waals surface area (Å²) < 4.78 is 7.65. The van der Waals surface area contributed by atoms with E-state index < -0.39 is 6.04 Å². The predicted octanol–water partition coefficient (Wildman–Crippen LogP) is 1.59. The van der Waals surface area contributed by atoms with E-state index in [0.29, 0.717) is 18.4 Å². The number of aryl methyl sites for hydroxylation is 1. The highest BCUT2D eigenvalue weighted by Gasteiger charge is 2.54. The fraction of sp³-hybridized carbons (Fsp3) is 0.444. The summed E-state index contributed by atoms with van der Waals surface area (Å²) in [5.41, 5.74) is 2.21. The van der Waals surface area contributed by atoms with Crippen molar-refractivity contribution in [3.8, 4) is 0 Å². The molecule has 1 aromatic rings. The number of amidine groups is 2. The van der Waals surface area contributed by atoms with Gasteiger partial charge in [0.1, 0.15) is 12.6 Å². The molecular formula is C18H23N4O3+. The Morgan fingerprint density at radius 1 is 1.16 bits per heavy atom. The van der Waals surface area contributed by atoms with Gasteiger partial charge in [-0.1, -0.05) is 29.8 Å². The molecule has 7 heteroatoms. The molecule has 1 unspecified atom stereocenters. The Labute approximate surface area is 147 Å². The second-order valence-corrected chi connectivity index (χ2v) is 6.67. The van der Waals surface area contributed by atoms with Crippen molar-refractivity contribution in [2.24, 2.45) is 4.99 Å². The largest absolute Gasteiger partial charge is 0.497 e. The Balaban J connectivity index is 2.01. The summed E-state index contributed by atoms with van der Waals surface area (Å²) in [6, 6.07) is 7.43. The molecule has 0 radical (unpaired) electrons. The molecule has 0 bridgehead atoms. The average molecular weight is 343 g/mol. The summed E-state index contributed by atoms with van der Waals surface area (Å²) >= 11 is 0. The SMILES string of the molecule is Cc1ccc(C[N+]2=C(OC(C)C)N=C3C2C(=O)N(C)C(=O)N3C)cc1. The fourth-order valence-corrected chi connectivity index (χ4v) is 2.93. The number of urea groups is 1. The first kappa shape index (κ1) is 17.1. The van der Waals surface area contributed by atoms with E-state index in [1.165, 1.54) is 17.5 Å². The van der Waals surface area contributed by atoms with Gasteiger partial charge in [0.2, 0.25) is 0 Å².